The molecular weight excluding hydrogens is 498 g/mol. The monoisotopic (exact) mass is 525 g/mol. The van der Waals surface area contributed by atoms with Gasteiger partial charge >= 0.3 is 5.97 Å². The zero-order chi connectivity index (χ0) is 26.5. The first kappa shape index (κ1) is 25.4. The molecule has 7 nitrogen and oxygen atoms in total. The molecule has 1 aliphatic heterocycles. The molecule has 1 aromatic heterocycles. The Hall–Kier alpha value is -4.30. The summed E-state index contributed by atoms with van der Waals surface area (Å²) >= 11 is 1.44. The zero-order valence-electron chi connectivity index (χ0n) is 21.1. The number of hydrogen-bond acceptors (Lipinski definition) is 7. The molecule has 0 fully saturated rings. The van der Waals surface area contributed by atoms with E-state index in [0.29, 0.717) is 39.3 Å². The Labute approximate surface area is 224 Å². The number of ether oxygens (including phenoxy) is 2. The summed E-state index contributed by atoms with van der Waals surface area (Å²) in [5, 5.41) is 3.81. The molecule has 8 heteroatoms. The first-order chi connectivity index (χ1) is 18.6. The topological polar surface area (TPSA) is 93.3 Å². The quantitative estimate of drug-likeness (QED) is 0.176. The lowest BCUT2D eigenvalue weighted by Crippen LogP contribution is -2.31. The van der Waals surface area contributed by atoms with Crippen LogP contribution in [0, 0.1) is 0 Å². The van der Waals surface area contributed by atoms with Crippen molar-refractivity contribution < 1.29 is 14.3 Å². The van der Waals surface area contributed by atoms with Crippen molar-refractivity contribution in [2.24, 2.45) is 0 Å². The van der Waals surface area contributed by atoms with Gasteiger partial charge in [-0.1, -0.05) is 84.6 Å². The molecule has 38 heavy (non-hydrogen) atoms. The Morgan fingerprint density at radius 1 is 0.974 bits per heavy atom. The molecule has 0 saturated carbocycles. The Kier molecular flexibility index (Phi) is 7.60. The van der Waals surface area contributed by atoms with Crippen LogP contribution in [-0.2, 0) is 15.3 Å². The molecule has 0 radical (unpaired) electrons. The minimum atomic E-state index is -0.698. The first-order valence-electron chi connectivity index (χ1n) is 12.3. The van der Waals surface area contributed by atoms with Gasteiger partial charge in [0.25, 0.3) is 5.56 Å². The maximum absolute atomic E-state index is 13.6. The molecule has 0 amide bonds. The van der Waals surface area contributed by atoms with Crippen LogP contribution in [0.2, 0.25) is 0 Å². The Bertz CT molecular complexity index is 1520. The smallest absolute Gasteiger partial charge is 0.337 e. The first-order valence-corrected chi connectivity index (χ1v) is 13.3. The molecule has 1 atom stereocenters. The van der Waals surface area contributed by atoms with Crippen molar-refractivity contribution in [2.45, 2.75) is 23.8 Å². The number of rotatable bonds is 8. The normalized spacial score (nSPS) is 14.4. The van der Waals surface area contributed by atoms with Crippen LogP contribution in [0.1, 0.15) is 35.1 Å². The third-order valence-electron chi connectivity index (χ3n) is 6.25. The van der Waals surface area contributed by atoms with Crippen LogP contribution in [0.25, 0.3) is 5.70 Å². The summed E-state index contributed by atoms with van der Waals surface area (Å²) in [6.07, 6.45) is 0. The largest absolute Gasteiger partial charge is 0.497 e. The number of fused-ring (bicyclic) bond motifs is 1. The molecule has 4 aromatic rings. The maximum Gasteiger partial charge on any atom is 0.337 e. The zero-order valence-corrected chi connectivity index (χ0v) is 21.9. The summed E-state index contributed by atoms with van der Waals surface area (Å²) in [7, 11) is 1.59. The number of benzene rings is 3. The molecule has 0 bridgehead atoms. The Morgan fingerprint density at radius 2 is 1.66 bits per heavy atom. The highest BCUT2D eigenvalue weighted by atomic mass is 32.2. The maximum atomic E-state index is 13.6. The molecule has 2 heterocycles. The molecule has 5 rings (SSSR count). The third kappa shape index (κ3) is 5.21. The lowest BCUT2D eigenvalue weighted by Gasteiger charge is -2.30. The Morgan fingerprint density at radius 3 is 2.32 bits per heavy atom. The highest BCUT2D eigenvalue weighted by Gasteiger charge is 2.38. The molecule has 192 valence electrons. The lowest BCUT2D eigenvalue weighted by molar-refractivity contribution is -0.138. The molecule has 0 aliphatic carbocycles. The van der Waals surface area contributed by atoms with Gasteiger partial charge in [0.15, 0.2) is 5.16 Å². The number of carbonyl (C=O) groups is 1. The molecule has 0 spiro atoms. The molecule has 1 unspecified atom stereocenters. The van der Waals surface area contributed by atoms with Crippen molar-refractivity contribution >= 4 is 29.2 Å². The molecule has 3 aromatic carbocycles. The number of thioether (sulfide) groups is 1. The van der Waals surface area contributed by atoms with Crippen molar-refractivity contribution in [3.05, 3.63) is 123 Å². The van der Waals surface area contributed by atoms with Crippen molar-refractivity contribution in [2.75, 3.05) is 19.0 Å². The second-order valence-corrected chi connectivity index (χ2v) is 9.58. The van der Waals surface area contributed by atoms with Gasteiger partial charge in [0.2, 0.25) is 0 Å². The van der Waals surface area contributed by atoms with Gasteiger partial charge < -0.3 is 19.8 Å². The van der Waals surface area contributed by atoms with Crippen molar-refractivity contribution in [1.29, 1.82) is 0 Å². The summed E-state index contributed by atoms with van der Waals surface area (Å²) in [5.74, 6) is 0.549. The summed E-state index contributed by atoms with van der Waals surface area (Å²) < 4.78 is 10.8. The average Bonchev–Trinajstić information content (AvgIpc) is 2.96. The van der Waals surface area contributed by atoms with Crippen LogP contribution in [-0.4, -0.2) is 29.7 Å². The van der Waals surface area contributed by atoms with Crippen LogP contribution >= 0.6 is 11.8 Å². The fourth-order valence-corrected chi connectivity index (χ4v) is 5.30. The number of anilines is 1. The van der Waals surface area contributed by atoms with Gasteiger partial charge in [-0.05, 0) is 35.7 Å². The molecule has 0 saturated heterocycles. The second-order valence-electron chi connectivity index (χ2n) is 8.61. The van der Waals surface area contributed by atoms with E-state index in [1.54, 1.807) is 14.0 Å². The highest BCUT2D eigenvalue weighted by Crippen LogP contribution is 2.43. The standard InChI is InChI=1S/C30H27N3O4S/c1-3-37-29(35)24-23(20-14-16-22(36-2)17-15-20)25-27(31-26(24)21-12-8-5-9-13-21)32-30(33-28(25)34)38-18-19-10-6-4-7-11-19/h4-17,23H,3,18H2,1-2H3,(H2,31,32,33,34). The number of H-pyrrole nitrogens is 1. The fraction of sp³-hybridized carbons (Fsp3) is 0.167. The van der Waals surface area contributed by atoms with Gasteiger partial charge in [-0.25, -0.2) is 9.78 Å². The average molecular weight is 526 g/mol. The van der Waals surface area contributed by atoms with Gasteiger partial charge in [-0.2, -0.15) is 0 Å². The number of methoxy groups -OCH3 is 1. The van der Waals surface area contributed by atoms with E-state index in [-0.39, 0.29) is 12.2 Å². The Balaban J connectivity index is 1.67. The minimum absolute atomic E-state index is 0.205. The molecule has 2 N–H and O–H groups in total. The molecular formula is C30H27N3O4S. The number of nitrogens with one attached hydrogen (secondary N) is 2. The predicted octanol–water partition coefficient (Wildman–Crippen LogP) is 5.60. The third-order valence-corrected chi connectivity index (χ3v) is 7.19. The summed E-state index contributed by atoms with van der Waals surface area (Å²) in [6, 6.07) is 26.9. The van der Waals surface area contributed by atoms with E-state index >= 15 is 0 Å². The van der Waals surface area contributed by atoms with E-state index in [0.717, 1.165) is 16.7 Å². The number of aromatic nitrogens is 2. The minimum Gasteiger partial charge on any atom is -0.497 e. The molecule has 1 aliphatic rings. The van der Waals surface area contributed by atoms with E-state index < -0.39 is 11.9 Å². The van der Waals surface area contributed by atoms with Crippen LogP contribution < -0.4 is 15.6 Å². The summed E-state index contributed by atoms with van der Waals surface area (Å²) in [5.41, 5.74) is 3.63. The van der Waals surface area contributed by atoms with Gasteiger partial charge in [0, 0.05) is 5.75 Å². The highest BCUT2D eigenvalue weighted by molar-refractivity contribution is 7.98. The number of carbonyl (C=O) groups excluding carboxylic acids is 1. The number of esters is 1. The van der Waals surface area contributed by atoms with Crippen LogP contribution in [0.3, 0.4) is 0 Å². The van der Waals surface area contributed by atoms with Crippen LogP contribution in [0.15, 0.2) is 100 Å². The van der Waals surface area contributed by atoms with Gasteiger partial charge in [-0.3, -0.25) is 4.79 Å². The second kappa shape index (κ2) is 11.4. The number of nitrogens with zero attached hydrogens (tertiary/aromatic N) is 1. The van der Waals surface area contributed by atoms with Crippen molar-refractivity contribution in [1.82, 2.24) is 9.97 Å². The van der Waals surface area contributed by atoms with E-state index in [2.05, 4.69) is 10.3 Å². The predicted molar refractivity (Wildman–Crippen MR) is 149 cm³/mol. The van der Waals surface area contributed by atoms with E-state index in [1.807, 2.05) is 84.9 Å². The van der Waals surface area contributed by atoms with Gasteiger partial charge in [0.1, 0.15) is 11.6 Å². The van der Waals surface area contributed by atoms with Crippen LogP contribution in [0.4, 0.5) is 5.82 Å². The van der Waals surface area contributed by atoms with Crippen molar-refractivity contribution in [3.8, 4) is 5.75 Å². The SMILES string of the molecule is CCOC(=O)C1=C(c2ccccc2)Nc2nc(SCc3ccccc3)[nH]c(=O)c2C1c1ccc(OC)cc1. The summed E-state index contributed by atoms with van der Waals surface area (Å²) in [6.45, 7) is 1.97. The van der Waals surface area contributed by atoms with Crippen molar-refractivity contribution in [3.63, 3.8) is 0 Å². The number of hydrogen-bond donors (Lipinski definition) is 2. The van der Waals surface area contributed by atoms with E-state index in [4.69, 9.17) is 14.5 Å². The van der Waals surface area contributed by atoms with Gasteiger partial charge in [0.05, 0.1) is 36.5 Å². The van der Waals surface area contributed by atoms with E-state index in [1.165, 1.54) is 11.8 Å². The van der Waals surface area contributed by atoms with E-state index in [9.17, 15) is 9.59 Å². The lowest BCUT2D eigenvalue weighted by atomic mass is 9.81. The number of aromatic amines is 1. The van der Waals surface area contributed by atoms with Crippen LogP contribution in [0.5, 0.6) is 5.75 Å². The fourth-order valence-electron chi connectivity index (χ4n) is 4.48. The summed E-state index contributed by atoms with van der Waals surface area (Å²) in [4.78, 5) is 34.8. The van der Waals surface area contributed by atoms with Gasteiger partial charge in [-0.15, -0.1) is 0 Å².